The van der Waals surface area contributed by atoms with Crippen LogP contribution < -0.4 is 0 Å². The molecule has 0 saturated heterocycles. The van der Waals surface area contributed by atoms with E-state index in [1.165, 1.54) is 0 Å². The summed E-state index contributed by atoms with van der Waals surface area (Å²) in [6, 6.07) is 0. The second-order valence-corrected chi connectivity index (χ2v) is 2.74. The van der Waals surface area contributed by atoms with Crippen molar-refractivity contribution in [3.05, 3.63) is 0 Å². The Balaban J connectivity index is 3.29. The molecule has 2 N–H and O–H groups in total. The van der Waals surface area contributed by atoms with Gasteiger partial charge < -0.3 is 10.2 Å². The lowest BCUT2D eigenvalue weighted by molar-refractivity contribution is 0.0515. The molecule has 0 spiro atoms. The molecular weight excluding hydrogens is 240 g/mol. The maximum atomic E-state index is 8.80. The second-order valence-electron chi connectivity index (χ2n) is 1.44. The van der Waals surface area contributed by atoms with E-state index in [1.54, 1.807) is 0 Å². The molecule has 2 nitrogen and oxygen atoms in total. The van der Waals surface area contributed by atoms with Crippen molar-refractivity contribution in [3.8, 4) is 0 Å². The average molecular weight is 248 g/mol. The largest absolute Gasteiger partial charge is 0.390 e. The Morgan fingerprint density at radius 3 is 1.38 bits per heavy atom. The minimum absolute atomic E-state index is 0.416. The van der Waals surface area contributed by atoms with Crippen molar-refractivity contribution in [2.75, 3.05) is 10.7 Å². The van der Waals surface area contributed by atoms with E-state index < -0.39 is 12.2 Å². The molecule has 0 aromatic carbocycles. The number of rotatable bonds is 3. The van der Waals surface area contributed by atoms with Gasteiger partial charge in [-0.15, -0.1) is 0 Å². The van der Waals surface area contributed by atoms with Crippen molar-refractivity contribution in [1.82, 2.24) is 0 Å². The van der Waals surface area contributed by atoms with Gasteiger partial charge in [-0.3, -0.25) is 0 Å². The predicted molar refractivity (Wildman–Crippen MR) is 39.6 cm³/mol. The highest BCUT2D eigenvalue weighted by Crippen LogP contribution is 2.00. The molecule has 2 unspecified atom stereocenters. The van der Waals surface area contributed by atoms with Gasteiger partial charge in [0.2, 0.25) is 0 Å². The fraction of sp³-hybridized carbons (Fsp3) is 1.00. The summed E-state index contributed by atoms with van der Waals surface area (Å²) < 4.78 is 0. The molecule has 0 heterocycles. The maximum Gasteiger partial charge on any atom is 0.0903 e. The maximum absolute atomic E-state index is 8.80. The van der Waals surface area contributed by atoms with Crippen molar-refractivity contribution >= 4 is 31.9 Å². The summed E-state index contributed by atoms with van der Waals surface area (Å²) in [5.41, 5.74) is 0. The molecule has 8 heavy (non-hydrogen) atoms. The number of aliphatic hydroxyl groups excluding tert-OH is 2. The molecule has 0 radical (unpaired) electrons. The first-order valence-electron chi connectivity index (χ1n) is 2.20. The quantitative estimate of drug-likeness (QED) is 0.714. The molecule has 0 fully saturated rings. The van der Waals surface area contributed by atoms with Gasteiger partial charge in [0.1, 0.15) is 0 Å². The molecule has 0 aromatic heterocycles. The van der Waals surface area contributed by atoms with Gasteiger partial charge in [-0.1, -0.05) is 31.9 Å². The van der Waals surface area contributed by atoms with Gasteiger partial charge >= 0.3 is 0 Å². The smallest absolute Gasteiger partial charge is 0.0903 e. The molecule has 0 aliphatic rings. The summed E-state index contributed by atoms with van der Waals surface area (Å²) in [6.45, 7) is 0. The molecular formula is C4H8Br2O2. The fourth-order valence-corrected chi connectivity index (χ4v) is 1.07. The lowest BCUT2D eigenvalue weighted by Gasteiger charge is -2.10. The van der Waals surface area contributed by atoms with E-state index in [1.807, 2.05) is 0 Å². The lowest BCUT2D eigenvalue weighted by atomic mass is 10.3. The van der Waals surface area contributed by atoms with E-state index >= 15 is 0 Å². The first kappa shape index (κ1) is 8.88. The normalized spacial score (nSPS) is 18.0. The predicted octanol–water partition coefficient (Wildman–Crippen LogP) is 0.498. The molecule has 50 valence electrons. The SMILES string of the molecule is OC(CBr)C(O)CBr. The number of aliphatic hydroxyl groups is 2. The van der Waals surface area contributed by atoms with Crippen LogP contribution in [0.3, 0.4) is 0 Å². The van der Waals surface area contributed by atoms with Crippen LogP contribution in [0, 0.1) is 0 Å². The monoisotopic (exact) mass is 246 g/mol. The third kappa shape index (κ3) is 3.02. The number of halogens is 2. The van der Waals surface area contributed by atoms with Gasteiger partial charge in [0.15, 0.2) is 0 Å². The third-order valence-corrected chi connectivity index (χ3v) is 2.09. The van der Waals surface area contributed by atoms with Gasteiger partial charge in [0.05, 0.1) is 12.2 Å². The molecule has 4 heteroatoms. The second kappa shape index (κ2) is 4.73. The van der Waals surface area contributed by atoms with Gasteiger partial charge in [-0.25, -0.2) is 0 Å². The highest BCUT2D eigenvalue weighted by Gasteiger charge is 2.11. The van der Waals surface area contributed by atoms with Crippen LogP contribution in [-0.2, 0) is 0 Å². The minimum atomic E-state index is -0.658. The van der Waals surface area contributed by atoms with Crippen LogP contribution in [0.4, 0.5) is 0 Å². The van der Waals surface area contributed by atoms with E-state index in [0.29, 0.717) is 10.7 Å². The highest BCUT2D eigenvalue weighted by molar-refractivity contribution is 9.09. The summed E-state index contributed by atoms with van der Waals surface area (Å²) in [4.78, 5) is 0. The molecule has 0 rings (SSSR count). The summed E-state index contributed by atoms with van der Waals surface area (Å²) >= 11 is 6.05. The topological polar surface area (TPSA) is 40.5 Å². The van der Waals surface area contributed by atoms with Crippen molar-refractivity contribution in [2.45, 2.75) is 12.2 Å². The van der Waals surface area contributed by atoms with E-state index in [-0.39, 0.29) is 0 Å². The molecule has 0 aliphatic heterocycles. The summed E-state index contributed by atoms with van der Waals surface area (Å²) in [7, 11) is 0. The summed E-state index contributed by atoms with van der Waals surface area (Å²) in [5.74, 6) is 0. The van der Waals surface area contributed by atoms with E-state index in [9.17, 15) is 0 Å². The zero-order valence-electron chi connectivity index (χ0n) is 4.22. The molecule has 0 aliphatic carbocycles. The lowest BCUT2D eigenvalue weighted by Crippen LogP contribution is -2.28. The third-order valence-electron chi connectivity index (χ3n) is 0.760. The van der Waals surface area contributed by atoms with E-state index in [4.69, 9.17) is 10.2 Å². The molecule has 2 atom stereocenters. The standard InChI is InChI=1S/C4H8Br2O2/c5-1-3(7)4(8)2-6/h3-4,7-8H,1-2H2. The summed E-state index contributed by atoms with van der Waals surface area (Å²) in [6.07, 6.45) is -1.32. The van der Waals surface area contributed by atoms with E-state index in [2.05, 4.69) is 31.9 Å². The molecule has 0 amide bonds. The van der Waals surface area contributed by atoms with Gasteiger partial charge in [0, 0.05) is 10.7 Å². The van der Waals surface area contributed by atoms with Crippen LogP contribution in [0.2, 0.25) is 0 Å². The van der Waals surface area contributed by atoms with Crippen LogP contribution in [0.15, 0.2) is 0 Å². The fourth-order valence-electron chi connectivity index (χ4n) is 0.206. The Hall–Kier alpha value is 0.880. The number of alkyl halides is 2. The molecule has 0 saturated carbocycles. The van der Waals surface area contributed by atoms with Crippen molar-refractivity contribution in [3.63, 3.8) is 0 Å². The Kier molecular flexibility index (Phi) is 5.25. The zero-order chi connectivity index (χ0) is 6.57. The highest BCUT2D eigenvalue weighted by atomic mass is 79.9. The van der Waals surface area contributed by atoms with E-state index in [0.717, 1.165) is 0 Å². The van der Waals surface area contributed by atoms with Gasteiger partial charge in [-0.05, 0) is 0 Å². The molecule has 0 aromatic rings. The Bertz CT molecular complexity index is 52.0. The molecule has 0 bridgehead atoms. The first-order chi connectivity index (χ1) is 3.72. The van der Waals surface area contributed by atoms with Crippen LogP contribution in [0.25, 0.3) is 0 Å². The van der Waals surface area contributed by atoms with Crippen LogP contribution in [-0.4, -0.2) is 33.1 Å². The van der Waals surface area contributed by atoms with Crippen molar-refractivity contribution < 1.29 is 10.2 Å². The Morgan fingerprint density at radius 1 is 1.00 bits per heavy atom. The van der Waals surface area contributed by atoms with Crippen LogP contribution >= 0.6 is 31.9 Å². The van der Waals surface area contributed by atoms with Gasteiger partial charge in [-0.2, -0.15) is 0 Å². The zero-order valence-corrected chi connectivity index (χ0v) is 7.39. The number of hydrogen-bond acceptors (Lipinski definition) is 2. The Morgan fingerprint density at radius 2 is 1.25 bits per heavy atom. The van der Waals surface area contributed by atoms with Gasteiger partial charge in [0.25, 0.3) is 0 Å². The first-order valence-corrected chi connectivity index (χ1v) is 4.44. The minimum Gasteiger partial charge on any atom is -0.390 e. The average Bonchev–Trinajstić information content (AvgIpc) is 1.84. The van der Waals surface area contributed by atoms with Crippen molar-refractivity contribution in [2.24, 2.45) is 0 Å². The summed E-state index contributed by atoms with van der Waals surface area (Å²) in [5, 5.41) is 18.4. The van der Waals surface area contributed by atoms with Crippen LogP contribution in [0.1, 0.15) is 0 Å². The Labute approximate surface area is 65.2 Å². The van der Waals surface area contributed by atoms with Crippen LogP contribution in [0.5, 0.6) is 0 Å². The number of hydrogen-bond donors (Lipinski definition) is 2. The van der Waals surface area contributed by atoms with Crippen molar-refractivity contribution in [1.29, 1.82) is 0 Å².